The first-order valence-electron chi connectivity index (χ1n) is 21.4. The van der Waals surface area contributed by atoms with E-state index in [1.165, 1.54) is 5.69 Å². The van der Waals surface area contributed by atoms with Crippen LogP contribution in [-0.4, -0.2) is 109 Å². The number of nitrogens with one attached hydrogen (secondary N) is 3. The molecule has 17 nitrogen and oxygen atoms in total. The van der Waals surface area contributed by atoms with Gasteiger partial charge in [0.25, 0.3) is 17.4 Å². The summed E-state index contributed by atoms with van der Waals surface area (Å²) in [6.45, 7) is 6.61. The quantitative estimate of drug-likeness (QED) is 0.154. The molecule has 10 rings (SSSR count). The zero-order chi connectivity index (χ0) is 43.2. The Morgan fingerprint density at radius 3 is 2.30 bits per heavy atom. The molecule has 3 N–H and O–H groups in total. The highest BCUT2D eigenvalue weighted by atomic mass is 35.5. The Kier molecular flexibility index (Phi) is 11.1. The smallest absolute Gasteiger partial charge is 0.278 e. The fourth-order valence-electron chi connectivity index (χ4n) is 9.29. The minimum Gasteiger partial charge on any atom is -0.372 e. The summed E-state index contributed by atoms with van der Waals surface area (Å²) >= 11 is 12.5. The molecule has 1 unspecified atom stereocenters. The number of anilines is 4. The van der Waals surface area contributed by atoms with Gasteiger partial charge in [0.05, 0.1) is 27.3 Å². The zero-order valence-corrected chi connectivity index (χ0v) is 35.8. The molecule has 3 aromatic heterocycles. The van der Waals surface area contributed by atoms with Crippen LogP contribution in [0.4, 0.5) is 22.9 Å². The van der Waals surface area contributed by atoms with Crippen molar-refractivity contribution in [1.29, 1.82) is 0 Å². The van der Waals surface area contributed by atoms with E-state index in [1.807, 2.05) is 18.2 Å². The second-order valence-corrected chi connectivity index (χ2v) is 17.7. The van der Waals surface area contributed by atoms with E-state index in [9.17, 15) is 19.2 Å². The van der Waals surface area contributed by atoms with Gasteiger partial charge in [-0.3, -0.25) is 29.4 Å². The Bertz CT molecular complexity index is 2760. The predicted octanol–water partition coefficient (Wildman–Crippen LogP) is 5.13. The molecule has 324 valence electrons. The third-order valence-corrected chi connectivity index (χ3v) is 13.6. The third kappa shape index (κ3) is 8.27. The number of halogens is 2. The van der Waals surface area contributed by atoms with Gasteiger partial charge in [0.15, 0.2) is 17.0 Å². The van der Waals surface area contributed by atoms with Crippen molar-refractivity contribution in [2.45, 2.75) is 56.7 Å². The highest BCUT2D eigenvalue weighted by molar-refractivity contribution is 6.39. The van der Waals surface area contributed by atoms with Crippen molar-refractivity contribution in [3.05, 3.63) is 99.3 Å². The molecule has 0 radical (unpaired) electrons. The minimum absolute atomic E-state index is 0.0127. The number of hydrogen-bond acceptors (Lipinski definition) is 13. The average Bonchev–Trinajstić information content (AvgIpc) is 3.70. The molecule has 3 saturated heterocycles. The van der Waals surface area contributed by atoms with Crippen LogP contribution in [-0.2, 0) is 9.59 Å². The molecule has 0 spiro atoms. The van der Waals surface area contributed by atoms with Gasteiger partial charge in [0.2, 0.25) is 5.91 Å². The number of carbonyl (C=O) groups excluding carboxylic acids is 3. The zero-order valence-electron chi connectivity index (χ0n) is 34.3. The van der Waals surface area contributed by atoms with Crippen molar-refractivity contribution in [2.75, 3.05) is 60.9 Å². The SMILES string of the molecule is O=C1CCC(n2nnc3ccc(N4CCN(CC5CCN(c6ccc(Nc7ncnc8c7ncn8C7CC(NC(=O)c8c(Cl)cccc8Cl)C7)cc6)CC5)CC4)cc3c2=O)C(=O)N1. The molecule has 6 aromatic rings. The van der Waals surface area contributed by atoms with Crippen LogP contribution in [0, 0.1) is 5.92 Å². The largest absolute Gasteiger partial charge is 0.372 e. The number of aromatic nitrogens is 7. The lowest BCUT2D eigenvalue weighted by Gasteiger charge is -2.40. The normalized spacial score (nSPS) is 21.1. The molecule has 3 amide bonds. The fraction of sp³-hybridized carbons (Fsp3) is 0.386. The van der Waals surface area contributed by atoms with Crippen molar-refractivity contribution >= 4 is 85.9 Å². The highest BCUT2D eigenvalue weighted by Gasteiger charge is 2.34. The molecule has 1 atom stereocenters. The van der Waals surface area contributed by atoms with Gasteiger partial charge >= 0.3 is 0 Å². The maximum absolute atomic E-state index is 13.4. The molecule has 19 heteroatoms. The number of fused-ring (bicyclic) bond motifs is 2. The predicted molar refractivity (Wildman–Crippen MR) is 240 cm³/mol. The number of nitrogens with zero attached hydrogens (tertiary/aromatic N) is 10. The van der Waals surface area contributed by atoms with Crippen LogP contribution in [0.1, 0.15) is 61.0 Å². The number of piperazine rings is 1. The number of piperidine rings is 2. The monoisotopic (exact) mass is 889 g/mol. The van der Waals surface area contributed by atoms with Crippen molar-refractivity contribution in [2.24, 2.45) is 5.92 Å². The van der Waals surface area contributed by atoms with Gasteiger partial charge in [0.1, 0.15) is 17.9 Å². The van der Waals surface area contributed by atoms with Crippen LogP contribution in [0.15, 0.2) is 78.1 Å². The molecule has 0 bridgehead atoms. The standard InChI is InChI=1S/C44H45Cl2N13O4/c45-33-2-1-3-34(46)38(33)43(62)51-28-20-31(21-28)58-25-49-39-40(47-24-48-41(39)58)50-27-4-6-29(7-5-27)56-14-12-26(13-15-56)23-55-16-18-57(19-17-55)30-8-9-35-32(22-30)44(63)59(54-53-35)36-10-11-37(60)52-42(36)61/h1-9,22,24-26,28,31,36H,10-21,23H2,(H,51,62)(H,47,48,50)(H,52,60,61). The topological polar surface area (TPSA) is 188 Å². The summed E-state index contributed by atoms with van der Waals surface area (Å²) in [6, 6.07) is 18.4. The van der Waals surface area contributed by atoms with Gasteiger partial charge in [-0.05, 0) is 92.6 Å². The first-order chi connectivity index (χ1) is 30.6. The van der Waals surface area contributed by atoms with Crippen molar-refractivity contribution in [3.8, 4) is 0 Å². The van der Waals surface area contributed by atoms with E-state index < -0.39 is 11.9 Å². The van der Waals surface area contributed by atoms with E-state index >= 15 is 0 Å². The number of amides is 3. The highest BCUT2D eigenvalue weighted by Crippen LogP contribution is 2.36. The van der Waals surface area contributed by atoms with E-state index in [4.69, 9.17) is 23.2 Å². The van der Waals surface area contributed by atoms with Crippen LogP contribution in [0.5, 0.6) is 0 Å². The Balaban J connectivity index is 0.691. The lowest BCUT2D eigenvalue weighted by Crippen LogP contribution is -2.49. The first kappa shape index (κ1) is 40.9. The molecule has 4 aliphatic rings. The summed E-state index contributed by atoms with van der Waals surface area (Å²) in [6.07, 6.45) is 7.43. The number of benzene rings is 3. The maximum atomic E-state index is 13.4. The maximum Gasteiger partial charge on any atom is 0.278 e. The van der Waals surface area contributed by atoms with E-state index in [0.717, 1.165) is 93.2 Å². The van der Waals surface area contributed by atoms with E-state index in [2.05, 4.69) is 84.7 Å². The molecule has 1 saturated carbocycles. The van der Waals surface area contributed by atoms with Crippen molar-refractivity contribution in [3.63, 3.8) is 0 Å². The van der Waals surface area contributed by atoms with E-state index in [1.54, 1.807) is 30.9 Å². The number of imide groups is 1. The summed E-state index contributed by atoms with van der Waals surface area (Å²) < 4.78 is 3.16. The molecule has 3 aliphatic heterocycles. The van der Waals surface area contributed by atoms with E-state index in [0.29, 0.717) is 43.8 Å². The number of hydrogen-bond donors (Lipinski definition) is 3. The summed E-state index contributed by atoms with van der Waals surface area (Å²) in [5.74, 6) is 0.109. The Hall–Kier alpha value is -6.17. The third-order valence-electron chi connectivity index (χ3n) is 12.9. The molecule has 3 aromatic carbocycles. The van der Waals surface area contributed by atoms with E-state index in [-0.39, 0.29) is 42.3 Å². The van der Waals surface area contributed by atoms with Crippen molar-refractivity contribution in [1.82, 2.24) is 50.0 Å². The van der Waals surface area contributed by atoms with Gasteiger partial charge < -0.3 is 25.0 Å². The molecule has 1 aliphatic carbocycles. The lowest BCUT2D eigenvalue weighted by atomic mass is 9.86. The van der Waals surface area contributed by atoms with Crippen LogP contribution < -0.4 is 31.3 Å². The van der Waals surface area contributed by atoms with Crippen molar-refractivity contribution < 1.29 is 14.4 Å². The fourth-order valence-corrected chi connectivity index (χ4v) is 9.86. The number of carbonyl (C=O) groups is 3. The summed E-state index contributed by atoms with van der Waals surface area (Å²) in [7, 11) is 0. The lowest BCUT2D eigenvalue weighted by molar-refractivity contribution is -0.136. The summed E-state index contributed by atoms with van der Waals surface area (Å²) in [4.78, 5) is 71.4. The Morgan fingerprint density at radius 2 is 1.56 bits per heavy atom. The Labute approximate surface area is 371 Å². The molecule has 4 fully saturated rings. The van der Waals surface area contributed by atoms with Crippen LogP contribution in [0.3, 0.4) is 0 Å². The second-order valence-electron chi connectivity index (χ2n) is 16.8. The van der Waals surface area contributed by atoms with Crippen LogP contribution in [0.2, 0.25) is 10.0 Å². The summed E-state index contributed by atoms with van der Waals surface area (Å²) in [5.41, 5.74) is 4.86. The molecule has 6 heterocycles. The average molecular weight is 891 g/mol. The first-order valence-corrected chi connectivity index (χ1v) is 22.2. The molecule has 63 heavy (non-hydrogen) atoms. The summed E-state index contributed by atoms with van der Waals surface area (Å²) in [5, 5.41) is 18.1. The van der Waals surface area contributed by atoms with Crippen LogP contribution in [0.25, 0.3) is 22.1 Å². The van der Waals surface area contributed by atoms with Gasteiger partial charge in [-0.15, -0.1) is 5.10 Å². The second kappa shape index (κ2) is 17.2. The minimum atomic E-state index is -0.850. The van der Waals surface area contributed by atoms with Gasteiger partial charge in [-0.25, -0.2) is 15.0 Å². The number of imidazole rings is 1. The van der Waals surface area contributed by atoms with Gasteiger partial charge in [-0.2, -0.15) is 4.68 Å². The van der Waals surface area contributed by atoms with Gasteiger partial charge in [-0.1, -0.05) is 34.5 Å². The van der Waals surface area contributed by atoms with Gasteiger partial charge in [0, 0.05) is 81.4 Å². The molecular weight excluding hydrogens is 845 g/mol. The number of rotatable bonds is 10. The Morgan fingerprint density at radius 1 is 0.825 bits per heavy atom. The molecular formula is C44H45Cl2N13O4. The van der Waals surface area contributed by atoms with Crippen LogP contribution >= 0.6 is 23.2 Å².